The van der Waals surface area contributed by atoms with E-state index in [0.29, 0.717) is 17.1 Å². The van der Waals surface area contributed by atoms with Gasteiger partial charge in [-0.3, -0.25) is 4.68 Å². The standard InChI is InChI=1S/C19H21N5O/c1-6-15(16-7-8-17(10-20)19(9-16)25-5)11-21-14(3)22-18-12-24(4)23-13(18)2/h6-9,11-12,22H,3H2,1-2,4-5H3/b15-6+,21-11-. The van der Waals surface area contributed by atoms with E-state index in [-0.39, 0.29) is 0 Å². The topological polar surface area (TPSA) is 75.2 Å². The average Bonchev–Trinajstić information content (AvgIpc) is 2.92. The van der Waals surface area contributed by atoms with Crippen LogP contribution in [0.2, 0.25) is 0 Å². The third-order valence-electron chi connectivity index (χ3n) is 3.62. The van der Waals surface area contributed by atoms with Gasteiger partial charge in [0, 0.05) is 19.5 Å². The Morgan fingerprint density at radius 2 is 2.24 bits per heavy atom. The van der Waals surface area contributed by atoms with Gasteiger partial charge in [-0.05, 0) is 37.1 Å². The number of nitrogens with zero attached hydrogens (tertiary/aromatic N) is 4. The minimum atomic E-state index is 0.497. The SMILES string of the molecule is C=C(/N=C\C(=C/C)c1ccc(C#N)c(OC)c1)Nc1cn(C)nc1C. The fourth-order valence-corrected chi connectivity index (χ4v) is 2.34. The highest BCUT2D eigenvalue weighted by atomic mass is 16.5. The van der Waals surface area contributed by atoms with Crippen LogP contribution in [0.3, 0.4) is 0 Å². The molecule has 6 nitrogen and oxygen atoms in total. The number of aliphatic imine (C=N–C) groups is 1. The van der Waals surface area contributed by atoms with Crippen LogP contribution in [-0.2, 0) is 7.05 Å². The molecule has 0 amide bonds. The quantitative estimate of drug-likeness (QED) is 0.817. The van der Waals surface area contributed by atoms with Gasteiger partial charge in [0.05, 0.1) is 24.1 Å². The summed E-state index contributed by atoms with van der Waals surface area (Å²) in [6.07, 6.45) is 5.53. The van der Waals surface area contributed by atoms with E-state index in [1.807, 2.05) is 45.3 Å². The molecule has 1 N–H and O–H groups in total. The van der Waals surface area contributed by atoms with Crippen LogP contribution in [0.15, 0.2) is 47.9 Å². The number of methoxy groups -OCH3 is 1. The summed E-state index contributed by atoms with van der Waals surface area (Å²) in [5, 5.41) is 16.5. The van der Waals surface area contributed by atoms with Crippen LogP contribution in [-0.4, -0.2) is 23.1 Å². The zero-order chi connectivity index (χ0) is 18.4. The van der Waals surface area contributed by atoms with Crippen LogP contribution in [0.4, 0.5) is 5.69 Å². The summed E-state index contributed by atoms with van der Waals surface area (Å²) in [6, 6.07) is 7.52. The van der Waals surface area contributed by atoms with E-state index in [1.54, 1.807) is 24.1 Å². The van der Waals surface area contributed by atoms with Gasteiger partial charge in [0.25, 0.3) is 0 Å². The van der Waals surface area contributed by atoms with Gasteiger partial charge in [-0.25, -0.2) is 4.99 Å². The van der Waals surface area contributed by atoms with Crippen LogP contribution >= 0.6 is 0 Å². The monoisotopic (exact) mass is 335 g/mol. The first kappa shape index (κ1) is 18.0. The molecule has 0 aliphatic carbocycles. The number of aryl methyl sites for hydroxylation is 2. The molecule has 0 bridgehead atoms. The highest BCUT2D eigenvalue weighted by Crippen LogP contribution is 2.23. The van der Waals surface area contributed by atoms with Gasteiger partial charge < -0.3 is 10.1 Å². The normalized spacial score (nSPS) is 11.4. The molecule has 1 heterocycles. The molecule has 0 radical (unpaired) electrons. The summed E-state index contributed by atoms with van der Waals surface area (Å²) in [5.41, 5.74) is 4.05. The predicted octanol–water partition coefficient (Wildman–Crippen LogP) is 3.67. The lowest BCUT2D eigenvalue weighted by Gasteiger charge is -2.07. The molecule has 0 atom stereocenters. The molecule has 6 heteroatoms. The number of anilines is 1. The lowest BCUT2D eigenvalue weighted by Crippen LogP contribution is -1.97. The molecule has 128 valence electrons. The summed E-state index contributed by atoms with van der Waals surface area (Å²) >= 11 is 0. The zero-order valence-electron chi connectivity index (χ0n) is 14.9. The molecular weight excluding hydrogens is 314 g/mol. The van der Waals surface area contributed by atoms with E-state index in [1.165, 1.54) is 0 Å². The van der Waals surface area contributed by atoms with Crippen molar-refractivity contribution >= 4 is 17.5 Å². The van der Waals surface area contributed by atoms with Crippen LogP contribution < -0.4 is 10.1 Å². The maximum atomic E-state index is 9.08. The molecule has 0 fully saturated rings. The van der Waals surface area contributed by atoms with Crippen molar-refractivity contribution in [3.8, 4) is 11.8 Å². The second kappa shape index (κ2) is 7.97. The van der Waals surface area contributed by atoms with Gasteiger partial charge in [-0.2, -0.15) is 10.4 Å². The lowest BCUT2D eigenvalue weighted by atomic mass is 10.0. The van der Waals surface area contributed by atoms with Crippen molar-refractivity contribution in [3.63, 3.8) is 0 Å². The Labute approximate surface area is 147 Å². The minimum Gasteiger partial charge on any atom is -0.495 e. The number of hydrogen-bond donors (Lipinski definition) is 1. The molecule has 1 aromatic heterocycles. The van der Waals surface area contributed by atoms with E-state index in [2.05, 4.69) is 28.1 Å². The number of ether oxygens (including phenoxy) is 1. The first-order valence-electron chi connectivity index (χ1n) is 7.73. The number of hydrogen-bond acceptors (Lipinski definition) is 5. The van der Waals surface area contributed by atoms with Crippen molar-refractivity contribution in [2.45, 2.75) is 13.8 Å². The molecule has 0 aliphatic heterocycles. The molecule has 0 spiro atoms. The third-order valence-corrected chi connectivity index (χ3v) is 3.62. The second-order valence-corrected chi connectivity index (χ2v) is 5.40. The Bertz CT molecular complexity index is 884. The highest BCUT2D eigenvalue weighted by Gasteiger charge is 2.06. The molecule has 2 rings (SSSR count). The van der Waals surface area contributed by atoms with Gasteiger partial charge in [0.2, 0.25) is 0 Å². The first-order valence-corrected chi connectivity index (χ1v) is 7.73. The summed E-state index contributed by atoms with van der Waals surface area (Å²) in [7, 11) is 3.41. The molecular formula is C19H21N5O. The Kier molecular flexibility index (Phi) is 5.75. The van der Waals surface area contributed by atoms with Crippen molar-refractivity contribution in [1.82, 2.24) is 9.78 Å². The summed E-state index contributed by atoms with van der Waals surface area (Å²) in [5.74, 6) is 1.05. The number of benzene rings is 1. The largest absolute Gasteiger partial charge is 0.495 e. The number of rotatable bonds is 6. The molecule has 2 aromatic rings. The molecule has 1 aromatic carbocycles. The number of allylic oxidation sites excluding steroid dienone is 2. The molecule has 25 heavy (non-hydrogen) atoms. The van der Waals surface area contributed by atoms with E-state index < -0.39 is 0 Å². The average molecular weight is 335 g/mol. The minimum absolute atomic E-state index is 0.497. The molecule has 0 saturated carbocycles. The lowest BCUT2D eigenvalue weighted by molar-refractivity contribution is 0.413. The van der Waals surface area contributed by atoms with Crippen molar-refractivity contribution in [2.75, 3.05) is 12.4 Å². The maximum absolute atomic E-state index is 9.08. The molecule has 0 saturated heterocycles. The van der Waals surface area contributed by atoms with Crippen molar-refractivity contribution < 1.29 is 4.74 Å². The Morgan fingerprint density at radius 1 is 1.48 bits per heavy atom. The number of aromatic nitrogens is 2. The van der Waals surface area contributed by atoms with Gasteiger partial charge in [-0.15, -0.1) is 0 Å². The predicted molar refractivity (Wildman–Crippen MR) is 101 cm³/mol. The van der Waals surface area contributed by atoms with Gasteiger partial charge >= 0.3 is 0 Å². The smallest absolute Gasteiger partial charge is 0.137 e. The fraction of sp³-hybridized carbons (Fsp3) is 0.211. The van der Waals surface area contributed by atoms with Crippen LogP contribution in [0.1, 0.15) is 23.7 Å². The third kappa shape index (κ3) is 4.36. The van der Waals surface area contributed by atoms with E-state index in [4.69, 9.17) is 10.00 Å². The first-order chi connectivity index (χ1) is 12.0. The van der Waals surface area contributed by atoms with Gasteiger partial charge in [-0.1, -0.05) is 18.7 Å². The Balaban J connectivity index is 2.16. The molecule has 0 aliphatic rings. The summed E-state index contributed by atoms with van der Waals surface area (Å²) in [6.45, 7) is 7.76. The maximum Gasteiger partial charge on any atom is 0.137 e. The Hall–Kier alpha value is -3.33. The van der Waals surface area contributed by atoms with Crippen molar-refractivity contribution in [3.05, 3.63) is 59.7 Å². The highest BCUT2D eigenvalue weighted by molar-refractivity contribution is 6.10. The fourth-order valence-electron chi connectivity index (χ4n) is 2.34. The van der Waals surface area contributed by atoms with Gasteiger partial charge in [0.1, 0.15) is 17.6 Å². The zero-order valence-corrected chi connectivity index (χ0v) is 14.9. The van der Waals surface area contributed by atoms with Crippen molar-refractivity contribution in [1.29, 1.82) is 5.26 Å². The van der Waals surface area contributed by atoms with Crippen LogP contribution in [0, 0.1) is 18.3 Å². The van der Waals surface area contributed by atoms with Gasteiger partial charge in [0.15, 0.2) is 0 Å². The van der Waals surface area contributed by atoms with E-state index >= 15 is 0 Å². The van der Waals surface area contributed by atoms with Crippen molar-refractivity contribution in [2.24, 2.45) is 12.0 Å². The molecule has 0 unspecified atom stereocenters. The number of nitrogens with one attached hydrogen (secondary N) is 1. The summed E-state index contributed by atoms with van der Waals surface area (Å²) < 4.78 is 6.99. The van der Waals surface area contributed by atoms with Crippen LogP contribution in [0.5, 0.6) is 5.75 Å². The second-order valence-electron chi connectivity index (χ2n) is 5.40. The Morgan fingerprint density at radius 3 is 2.80 bits per heavy atom. The van der Waals surface area contributed by atoms with E-state index in [9.17, 15) is 0 Å². The van der Waals surface area contributed by atoms with Crippen LogP contribution in [0.25, 0.3) is 5.57 Å². The summed E-state index contributed by atoms with van der Waals surface area (Å²) in [4.78, 5) is 4.37. The van der Waals surface area contributed by atoms with E-state index in [0.717, 1.165) is 22.5 Å². The number of nitriles is 1.